The summed E-state index contributed by atoms with van der Waals surface area (Å²) in [6.45, 7) is 1.63. The summed E-state index contributed by atoms with van der Waals surface area (Å²) in [7, 11) is 0. The van der Waals surface area contributed by atoms with Crippen LogP contribution in [0.2, 0.25) is 5.02 Å². The molecule has 0 spiro atoms. The number of carbonyl (C=O) groups is 1. The minimum absolute atomic E-state index is 0.116. The Balaban J connectivity index is 2.02. The van der Waals surface area contributed by atoms with E-state index in [4.69, 9.17) is 11.6 Å². The molecule has 1 amide bonds. The number of hydrogen-bond acceptors (Lipinski definition) is 3. The highest BCUT2D eigenvalue weighted by Gasteiger charge is 2.34. The molecule has 9 heteroatoms. The number of aryl methyl sites for hydroxylation is 1. The van der Waals surface area contributed by atoms with Gasteiger partial charge in [0.05, 0.1) is 27.5 Å². The lowest BCUT2D eigenvalue weighted by atomic mass is 10.1. The first-order chi connectivity index (χ1) is 13.2. The Labute approximate surface area is 168 Å². The third-order valence-electron chi connectivity index (χ3n) is 3.93. The number of aromatic nitrogens is 2. The first-order valence-electron chi connectivity index (χ1n) is 8.09. The van der Waals surface area contributed by atoms with Crippen LogP contribution in [0, 0.1) is 6.92 Å². The van der Waals surface area contributed by atoms with Crippen LogP contribution in [0.3, 0.4) is 0 Å². The van der Waals surface area contributed by atoms with E-state index in [-0.39, 0.29) is 22.1 Å². The van der Waals surface area contributed by atoms with Gasteiger partial charge < -0.3 is 5.32 Å². The van der Waals surface area contributed by atoms with Gasteiger partial charge in [-0.2, -0.15) is 18.3 Å². The predicted molar refractivity (Wildman–Crippen MR) is 104 cm³/mol. The lowest BCUT2D eigenvalue weighted by molar-refractivity contribution is -0.137. The average Bonchev–Trinajstić information content (AvgIpc) is 3.01. The molecule has 0 aliphatic heterocycles. The molecule has 0 bridgehead atoms. The van der Waals surface area contributed by atoms with E-state index in [1.165, 1.54) is 36.0 Å². The van der Waals surface area contributed by atoms with E-state index >= 15 is 0 Å². The molecular weight excluding hydrogens is 411 g/mol. The third-order valence-corrected chi connectivity index (χ3v) is 4.98. The van der Waals surface area contributed by atoms with Crippen LogP contribution in [0.5, 0.6) is 0 Å². The minimum Gasteiger partial charge on any atom is -0.306 e. The van der Waals surface area contributed by atoms with Gasteiger partial charge in [0.25, 0.3) is 5.91 Å². The van der Waals surface area contributed by atoms with Crippen molar-refractivity contribution in [2.45, 2.75) is 18.0 Å². The normalized spacial score (nSPS) is 11.5. The molecule has 146 valence electrons. The van der Waals surface area contributed by atoms with Crippen molar-refractivity contribution in [2.75, 3.05) is 11.6 Å². The molecule has 1 N–H and O–H groups in total. The highest BCUT2D eigenvalue weighted by atomic mass is 35.5. The van der Waals surface area contributed by atoms with E-state index in [0.29, 0.717) is 5.69 Å². The summed E-state index contributed by atoms with van der Waals surface area (Å²) in [4.78, 5) is 13.5. The maximum atomic E-state index is 13.4. The summed E-state index contributed by atoms with van der Waals surface area (Å²) in [6.07, 6.45) is -2.70. The van der Waals surface area contributed by atoms with Gasteiger partial charge in [0.15, 0.2) is 0 Å². The molecule has 0 radical (unpaired) electrons. The summed E-state index contributed by atoms with van der Waals surface area (Å²) >= 11 is 7.56. The van der Waals surface area contributed by atoms with Gasteiger partial charge in [-0.1, -0.05) is 23.7 Å². The predicted octanol–water partition coefficient (Wildman–Crippen LogP) is 5.83. The van der Waals surface area contributed by atoms with Crippen molar-refractivity contribution < 1.29 is 18.0 Å². The molecule has 0 fully saturated rings. The molecule has 2 aromatic carbocycles. The fourth-order valence-electron chi connectivity index (χ4n) is 2.66. The largest absolute Gasteiger partial charge is 0.418 e. The van der Waals surface area contributed by atoms with Crippen LogP contribution in [0.25, 0.3) is 5.69 Å². The van der Waals surface area contributed by atoms with Crippen LogP contribution in [0.4, 0.5) is 19.0 Å². The lowest BCUT2D eigenvalue weighted by Gasteiger charge is -2.15. The molecule has 0 unspecified atom stereocenters. The van der Waals surface area contributed by atoms with Crippen molar-refractivity contribution in [3.63, 3.8) is 0 Å². The van der Waals surface area contributed by atoms with E-state index in [0.717, 1.165) is 15.6 Å². The Morgan fingerprint density at radius 1 is 1.18 bits per heavy atom. The quantitative estimate of drug-likeness (QED) is 0.535. The Bertz CT molecular complexity index is 1030. The average molecular weight is 426 g/mol. The molecule has 1 heterocycles. The Kier molecular flexibility index (Phi) is 5.71. The highest BCUT2D eigenvalue weighted by molar-refractivity contribution is 7.98. The smallest absolute Gasteiger partial charge is 0.306 e. The second-order valence-corrected chi connectivity index (χ2v) is 7.18. The Morgan fingerprint density at radius 3 is 2.57 bits per heavy atom. The van der Waals surface area contributed by atoms with Gasteiger partial charge in [-0.25, -0.2) is 4.68 Å². The van der Waals surface area contributed by atoms with Crippen LogP contribution in [-0.2, 0) is 6.18 Å². The number of amides is 1. The van der Waals surface area contributed by atoms with E-state index in [1.54, 1.807) is 25.1 Å². The minimum atomic E-state index is -4.56. The summed E-state index contributed by atoms with van der Waals surface area (Å²) in [5, 5.41) is 6.98. The van der Waals surface area contributed by atoms with E-state index in [9.17, 15) is 18.0 Å². The standard InChI is InChI=1S/C19H15ClF3N3OS/c1-11-9-17(24-18(27)13-10-12(28-2)7-8-15(13)20)26(25-11)16-6-4-3-5-14(16)19(21,22)23/h3-10H,1-2H3,(H,24,27). The van der Waals surface area contributed by atoms with E-state index in [2.05, 4.69) is 10.4 Å². The molecule has 3 aromatic rings. The molecule has 4 nitrogen and oxygen atoms in total. The maximum absolute atomic E-state index is 13.4. The van der Waals surface area contributed by atoms with E-state index in [1.807, 2.05) is 6.26 Å². The van der Waals surface area contributed by atoms with Crippen molar-refractivity contribution in [1.82, 2.24) is 9.78 Å². The van der Waals surface area contributed by atoms with Crippen molar-refractivity contribution in [3.8, 4) is 5.69 Å². The Morgan fingerprint density at radius 2 is 1.89 bits per heavy atom. The van der Waals surface area contributed by atoms with E-state index < -0.39 is 17.6 Å². The van der Waals surface area contributed by atoms with Crippen molar-refractivity contribution >= 4 is 35.1 Å². The first-order valence-corrected chi connectivity index (χ1v) is 9.69. The van der Waals surface area contributed by atoms with Crippen LogP contribution in [0.15, 0.2) is 53.4 Å². The zero-order valence-corrected chi connectivity index (χ0v) is 16.4. The van der Waals surface area contributed by atoms with Gasteiger partial charge in [0.1, 0.15) is 5.82 Å². The van der Waals surface area contributed by atoms with Crippen LogP contribution < -0.4 is 5.32 Å². The monoisotopic (exact) mass is 425 g/mol. The summed E-state index contributed by atoms with van der Waals surface area (Å²) in [5.41, 5.74) is -0.349. The summed E-state index contributed by atoms with van der Waals surface area (Å²) in [6, 6.07) is 11.5. The molecule has 0 saturated heterocycles. The van der Waals surface area contributed by atoms with Crippen LogP contribution in [0.1, 0.15) is 21.6 Å². The molecular formula is C19H15ClF3N3OS. The Hall–Kier alpha value is -2.45. The van der Waals surface area contributed by atoms with Gasteiger partial charge in [-0.3, -0.25) is 4.79 Å². The highest BCUT2D eigenvalue weighted by Crippen LogP contribution is 2.35. The van der Waals surface area contributed by atoms with Gasteiger partial charge >= 0.3 is 6.18 Å². The molecule has 28 heavy (non-hydrogen) atoms. The van der Waals surface area contributed by atoms with Gasteiger partial charge in [0, 0.05) is 11.0 Å². The number of para-hydroxylation sites is 1. The lowest BCUT2D eigenvalue weighted by Crippen LogP contribution is -2.17. The zero-order valence-electron chi connectivity index (χ0n) is 14.8. The zero-order chi connectivity index (χ0) is 20.5. The molecule has 0 atom stereocenters. The van der Waals surface area contributed by atoms with Crippen LogP contribution in [-0.4, -0.2) is 21.9 Å². The molecule has 1 aromatic heterocycles. The molecule has 3 rings (SSSR count). The number of rotatable bonds is 4. The van der Waals surface area contributed by atoms with Crippen LogP contribution >= 0.6 is 23.4 Å². The third kappa shape index (κ3) is 4.18. The van der Waals surface area contributed by atoms with Gasteiger partial charge in [-0.15, -0.1) is 11.8 Å². The number of carbonyl (C=O) groups excluding carboxylic acids is 1. The molecule has 0 aliphatic rings. The second kappa shape index (κ2) is 7.89. The number of alkyl halides is 3. The first kappa shape index (κ1) is 20.3. The summed E-state index contributed by atoms with van der Waals surface area (Å²) < 4.78 is 41.2. The number of benzene rings is 2. The number of hydrogen-bond donors (Lipinski definition) is 1. The maximum Gasteiger partial charge on any atom is 0.418 e. The van der Waals surface area contributed by atoms with Crippen molar-refractivity contribution in [3.05, 3.63) is 70.4 Å². The van der Waals surface area contributed by atoms with Crippen molar-refractivity contribution in [2.24, 2.45) is 0 Å². The number of nitrogens with zero attached hydrogens (tertiary/aromatic N) is 2. The number of halogens is 4. The van der Waals surface area contributed by atoms with Gasteiger partial charge in [0.2, 0.25) is 0 Å². The van der Waals surface area contributed by atoms with Gasteiger partial charge in [-0.05, 0) is 43.5 Å². The van der Waals surface area contributed by atoms with Crippen molar-refractivity contribution in [1.29, 1.82) is 0 Å². The fraction of sp³-hybridized carbons (Fsp3) is 0.158. The number of nitrogens with one attached hydrogen (secondary N) is 1. The topological polar surface area (TPSA) is 46.9 Å². The molecule has 0 saturated carbocycles. The molecule has 0 aliphatic carbocycles. The summed E-state index contributed by atoms with van der Waals surface area (Å²) in [5.74, 6) is -0.420. The second-order valence-electron chi connectivity index (χ2n) is 5.90. The number of thioether (sulfide) groups is 1. The number of anilines is 1. The fourth-order valence-corrected chi connectivity index (χ4v) is 3.30. The SMILES string of the molecule is CSc1ccc(Cl)c(C(=O)Nc2cc(C)nn2-c2ccccc2C(F)(F)F)c1.